The van der Waals surface area contributed by atoms with Crippen molar-refractivity contribution in [2.24, 2.45) is 5.92 Å². The molecule has 0 bridgehead atoms. The Balaban J connectivity index is 1.56. The molecule has 2 aromatic carbocycles. The number of carbonyl (C=O) groups excluding carboxylic acids is 2. The van der Waals surface area contributed by atoms with Crippen LogP contribution in [0.3, 0.4) is 0 Å². The van der Waals surface area contributed by atoms with E-state index < -0.39 is 47.4 Å². The second-order valence-corrected chi connectivity index (χ2v) is 7.71. The van der Waals surface area contributed by atoms with Crippen LogP contribution in [0, 0.1) is 11.7 Å². The SMILES string of the molecule is O=C1[C@@H]2[C@H](C(=O)N1c1cccc(C(F)(F)F)c1)N1CCCN1[C@H]2c1ccc(F)cc1. The molecule has 3 aliphatic heterocycles. The van der Waals surface area contributed by atoms with Gasteiger partial charge in [0.25, 0.3) is 5.91 Å². The predicted octanol–water partition coefficient (Wildman–Crippen LogP) is 3.38. The molecular weight excluding hydrogens is 402 g/mol. The van der Waals surface area contributed by atoms with Gasteiger partial charge in [-0.3, -0.25) is 9.59 Å². The van der Waals surface area contributed by atoms with Crippen LogP contribution in [-0.4, -0.2) is 41.0 Å². The molecule has 9 heteroatoms. The van der Waals surface area contributed by atoms with Crippen molar-refractivity contribution < 1.29 is 27.2 Å². The van der Waals surface area contributed by atoms with Crippen molar-refractivity contribution in [3.05, 3.63) is 65.5 Å². The summed E-state index contributed by atoms with van der Waals surface area (Å²) >= 11 is 0. The molecule has 3 fully saturated rings. The number of rotatable bonds is 2. The highest BCUT2D eigenvalue weighted by Gasteiger charge is 2.62. The van der Waals surface area contributed by atoms with E-state index in [1.165, 1.54) is 24.3 Å². The largest absolute Gasteiger partial charge is 0.416 e. The zero-order chi connectivity index (χ0) is 21.2. The number of carbonyl (C=O) groups is 2. The van der Waals surface area contributed by atoms with Crippen molar-refractivity contribution >= 4 is 17.5 Å². The molecule has 156 valence electrons. The predicted molar refractivity (Wildman–Crippen MR) is 98.4 cm³/mol. The van der Waals surface area contributed by atoms with Crippen LogP contribution in [0.2, 0.25) is 0 Å². The third-order valence-electron chi connectivity index (χ3n) is 6.05. The molecule has 0 radical (unpaired) electrons. The summed E-state index contributed by atoms with van der Waals surface area (Å²) in [6, 6.07) is 8.78. The number of nitrogens with zero attached hydrogens (tertiary/aromatic N) is 3. The molecule has 3 saturated heterocycles. The highest BCUT2D eigenvalue weighted by Crippen LogP contribution is 2.49. The first-order chi connectivity index (χ1) is 14.3. The molecule has 5 nitrogen and oxygen atoms in total. The van der Waals surface area contributed by atoms with Crippen LogP contribution in [0.5, 0.6) is 0 Å². The molecule has 30 heavy (non-hydrogen) atoms. The minimum absolute atomic E-state index is 0.0853. The van der Waals surface area contributed by atoms with E-state index in [4.69, 9.17) is 0 Å². The Bertz CT molecular complexity index is 1020. The van der Waals surface area contributed by atoms with E-state index in [1.54, 1.807) is 12.1 Å². The molecule has 3 heterocycles. The molecule has 3 aliphatic rings. The second kappa shape index (κ2) is 6.61. The molecule has 0 saturated carbocycles. The average Bonchev–Trinajstić information content (AvgIpc) is 3.34. The highest BCUT2D eigenvalue weighted by molar-refractivity contribution is 6.24. The number of hydrogen-bond donors (Lipinski definition) is 0. The molecular formula is C21H17F4N3O2. The van der Waals surface area contributed by atoms with Crippen LogP contribution >= 0.6 is 0 Å². The van der Waals surface area contributed by atoms with Crippen LogP contribution < -0.4 is 4.90 Å². The van der Waals surface area contributed by atoms with E-state index in [-0.39, 0.29) is 5.69 Å². The topological polar surface area (TPSA) is 43.9 Å². The van der Waals surface area contributed by atoms with Gasteiger partial charge in [0.15, 0.2) is 0 Å². The van der Waals surface area contributed by atoms with Crippen molar-refractivity contribution in [2.75, 3.05) is 18.0 Å². The number of anilines is 1. The summed E-state index contributed by atoms with van der Waals surface area (Å²) in [5.74, 6) is -2.24. The van der Waals surface area contributed by atoms with E-state index in [0.29, 0.717) is 18.7 Å². The Hall–Kier alpha value is -2.78. The zero-order valence-corrected chi connectivity index (χ0v) is 15.6. The Labute approximate surface area is 169 Å². The maximum absolute atomic E-state index is 13.4. The van der Waals surface area contributed by atoms with E-state index in [9.17, 15) is 27.2 Å². The van der Waals surface area contributed by atoms with Gasteiger partial charge in [-0.25, -0.2) is 19.3 Å². The average molecular weight is 419 g/mol. The second-order valence-electron chi connectivity index (χ2n) is 7.71. The van der Waals surface area contributed by atoms with Gasteiger partial charge in [0.05, 0.1) is 23.2 Å². The number of imide groups is 1. The van der Waals surface area contributed by atoms with Gasteiger partial charge in [-0.05, 0) is 42.3 Å². The summed E-state index contributed by atoms with van der Waals surface area (Å²) in [7, 11) is 0. The minimum atomic E-state index is -4.58. The summed E-state index contributed by atoms with van der Waals surface area (Å²) in [5, 5.41) is 3.80. The molecule has 0 N–H and O–H groups in total. The molecule has 3 atom stereocenters. The lowest BCUT2D eigenvalue weighted by molar-refractivity contribution is -0.137. The first kappa shape index (κ1) is 19.2. The quantitative estimate of drug-likeness (QED) is 0.553. The number of benzene rings is 2. The molecule has 2 amide bonds. The van der Waals surface area contributed by atoms with Crippen LogP contribution in [0.1, 0.15) is 23.6 Å². The van der Waals surface area contributed by atoms with E-state index in [2.05, 4.69) is 0 Å². The standard InChI is InChI=1S/C21H17F4N3O2/c22-14-7-5-12(6-8-14)17-16-18(27-10-2-9-26(17)27)20(30)28(19(16)29)15-4-1-3-13(11-15)21(23,24)25/h1,3-8,11,16-18H,2,9-10H2/t16-,17-,18+/m0/s1. The van der Waals surface area contributed by atoms with Gasteiger partial charge in [0.2, 0.25) is 5.91 Å². The molecule has 0 aliphatic carbocycles. The Morgan fingerprint density at radius 3 is 2.20 bits per heavy atom. The molecule has 0 spiro atoms. The number of amides is 2. The van der Waals surface area contributed by atoms with Gasteiger partial charge >= 0.3 is 6.18 Å². The molecule has 0 unspecified atom stereocenters. The zero-order valence-electron chi connectivity index (χ0n) is 15.6. The van der Waals surface area contributed by atoms with E-state index in [1.807, 2.05) is 10.0 Å². The fourth-order valence-electron chi connectivity index (χ4n) is 4.85. The number of fused-ring (bicyclic) bond motifs is 3. The first-order valence-electron chi connectivity index (χ1n) is 9.61. The third-order valence-corrected chi connectivity index (χ3v) is 6.05. The lowest BCUT2D eigenvalue weighted by Gasteiger charge is -2.29. The highest BCUT2D eigenvalue weighted by atomic mass is 19.4. The fraction of sp³-hybridized carbons (Fsp3) is 0.333. The van der Waals surface area contributed by atoms with Gasteiger partial charge in [-0.15, -0.1) is 0 Å². The number of hydrogen-bond acceptors (Lipinski definition) is 4. The monoisotopic (exact) mass is 419 g/mol. The Morgan fingerprint density at radius 2 is 1.53 bits per heavy atom. The summed E-state index contributed by atoms with van der Waals surface area (Å²) in [6.45, 7) is 1.23. The van der Waals surface area contributed by atoms with Gasteiger partial charge in [-0.2, -0.15) is 13.2 Å². The fourth-order valence-corrected chi connectivity index (χ4v) is 4.85. The Morgan fingerprint density at radius 1 is 0.867 bits per heavy atom. The van der Waals surface area contributed by atoms with E-state index >= 15 is 0 Å². The summed E-state index contributed by atoms with van der Waals surface area (Å²) in [4.78, 5) is 27.4. The van der Waals surface area contributed by atoms with Gasteiger partial charge in [-0.1, -0.05) is 18.2 Å². The maximum atomic E-state index is 13.4. The summed E-state index contributed by atoms with van der Waals surface area (Å²) < 4.78 is 52.8. The van der Waals surface area contributed by atoms with Crippen LogP contribution in [0.15, 0.2) is 48.5 Å². The minimum Gasteiger partial charge on any atom is -0.274 e. The summed E-state index contributed by atoms with van der Waals surface area (Å²) in [5.41, 5.74) is -0.309. The van der Waals surface area contributed by atoms with Crippen molar-refractivity contribution in [1.29, 1.82) is 0 Å². The van der Waals surface area contributed by atoms with Gasteiger partial charge in [0.1, 0.15) is 11.9 Å². The van der Waals surface area contributed by atoms with Crippen LogP contribution in [0.4, 0.5) is 23.2 Å². The number of halogens is 4. The first-order valence-corrected chi connectivity index (χ1v) is 9.61. The van der Waals surface area contributed by atoms with E-state index in [0.717, 1.165) is 23.5 Å². The van der Waals surface area contributed by atoms with Crippen molar-refractivity contribution in [3.63, 3.8) is 0 Å². The Kier molecular flexibility index (Phi) is 4.23. The lowest BCUT2D eigenvalue weighted by atomic mass is 9.90. The van der Waals surface area contributed by atoms with Gasteiger partial charge < -0.3 is 0 Å². The molecule has 2 aromatic rings. The van der Waals surface area contributed by atoms with Crippen molar-refractivity contribution in [3.8, 4) is 0 Å². The van der Waals surface area contributed by atoms with Crippen molar-refractivity contribution in [1.82, 2.24) is 10.0 Å². The maximum Gasteiger partial charge on any atom is 0.416 e. The number of alkyl halides is 3. The van der Waals surface area contributed by atoms with Crippen molar-refractivity contribution in [2.45, 2.75) is 24.7 Å². The van der Waals surface area contributed by atoms with Gasteiger partial charge in [0, 0.05) is 13.1 Å². The van der Waals surface area contributed by atoms with Crippen LogP contribution in [-0.2, 0) is 15.8 Å². The number of hydrazine groups is 1. The molecule has 0 aromatic heterocycles. The summed E-state index contributed by atoms with van der Waals surface area (Å²) in [6.07, 6.45) is -3.79. The van der Waals surface area contributed by atoms with Crippen LogP contribution in [0.25, 0.3) is 0 Å². The lowest BCUT2D eigenvalue weighted by Crippen LogP contribution is -2.44. The third kappa shape index (κ3) is 2.76. The normalized spacial score (nSPS) is 27.1. The molecule has 5 rings (SSSR count). The smallest absolute Gasteiger partial charge is 0.274 e.